The molecule has 0 aromatic heterocycles. The standard InChI is InChI=1S/C16H28O4/c1-5-10-16(19-8-4)11-9-13(20-15(17)6-2)12-14(16)18-7-3/h6,13-14H,2,5,7-12H2,1,3-4H3. The van der Waals surface area contributed by atoms with Crippen molar-refractivity contribution in [3.05, 3.63) is 12.7 Å². The van der Waals surface area contributed by atoms with Crippen LogP contribution in [0.1, 0.15) is 52.9 Å². The van der Waals surface area contributed by atoms with E-state index in [4.69, 9.17) is 14.2 Å². The highest BCUT2D eigenvalue weighted by atomic mass is 16.6. The Bertz CT molecular complexity index is 308. The average Bonchev–Trinajstić information content (AvgIpc) is 2.43. The van der Waals surface area contributed by atoms with Gasteiger partial charge in [-0.2, -0.15) is 0 Å². The molecule has 1 rings (SSSR count). The fourth-order valence-corrected chi connectivity index (χ4v) is 3.11. The van der Waals surface area contributed by atoms with Gasteiger partial charge in [0.25, 0.3) is 0 Å². The Kier molecular flexibility index (Phi) is 7.24. The fraction of sp³-hybridized carbons (Fsp3) is 0.812. The molecule has 0 bridgehead atoms. The Morgan fingerprint density at radius 3 is 2.65 bits per heavy atom. The lowest BCUT2D eigenvalue weighted by molar-refractivity contribution is -0.189. The number of carbonyl (C=O) groups excluding carboxylic acids is 1. The van der Waals surface area contributed by atoms with Gasteiger partial charge in [-0.05, 0) is 33.1 Å². The zero-order chi connectivity index (χ0) is 15.0. The molecule has 0 heterocycles. The molecule has 0 spiro atoms. The molecule has 0 amide bonds. The molecule has 0 saturated heterocycles. The van der Waals surface area contributed by atoms with Gasteiger partial charge in [0.2, 0.25) is 0 Å². The van der Waals surface area contributed by atoms with Crippen LogP contribution in [0.2, 0.25) is 0 Å². The van der Waals surface area contributed by atoms with Crippen molar-refractivity contribution in [2.45, 2.75) is 70.7 Å². The summed E-state index contributed by atoms with van der Waals surface area (Å²) in [6.07, 6.45) is 5.54. The van der Waals surface area contributed by atoms with Crippen molar-refractivity contribution in [3.8, 4) is 0 Å². The maximum absolute atomic E-state index is 11.3. The summed E-state index contributed by atoms with van der Waals surface area (Å²) in [5, 5.41) is 0. The van der Waals surface area contributed by atoms with Gasteiger partial charge in [-0.25, -0.2) is 4.79 Å². The summed E-state index contributed by atoms with van der Waals surface area (Å²) in [7, 11) is 0. The molecule has 0 aromatic rings. The van der Waals surface area contributed by atoms with Crippen molar-refractivity contribution in [1.29, 1.82) is 0 Å². The molecule has 1 aliphatic rings. The molecule has 116 valence electrons. The zero-order valence-electron chi connectivity index (χ0n) is 13.0. The minimum absolute atomic E-state index is 0.0104. The van der Waals surface area contributed by atoms with Gasteiger partial charge < -0.3 is 14.2 Å². The Morgan fingerprint density at radius 1 is 1.35 bits per heavy atom. The first kappa shape index (κ1) is 17.2. The van der Waals surface area contributed by atoms with E-state index in [1.165, 1.54) is 6.08 Å². The van der Waals surface area contributed by atoms with E-state index < -0.39 is 0 Å². The summed E-state index contributed by atoms with van der Waals surface area (Å²) in [4.78, 5) is 11.3. The first-order valence-corrected chi connectivity index (χ1v) is 7.70. The van der Waals surface area contributed by atoms with E-state index in [0.29, 0.717) is 19.6 Å². The molecule has 4 heteroatoms. The van der Waals surface area contributed by atoms with Crippen LogP contribution in [0.5, 0.6) is 0 Å². The van der Waals surface area contributed by atoms with E-state index in [1.54, 1.807) is 0 Å². The zero-order valence-corrected chi connectivity index (χ0v) is 13.0. The van der Waals surface area contributed by atoms with Crippen LogP contribution < -0.4 is 0 Å². The molecule has 0 aromatic carbocycles. The molecule has 1 fully saturated rings. The van der Waals surface area contributed by atoms with Gasteiger partial charge in [0.15, 0.2) is 0 Å². The van der Waals surface area contributed by atoms with Crippen LogP contribution in [0.4, 0.5) is 0 Å². The van der Waals surface area contributed by atoms with Crippen LogP contribution >= 0.6 is 0 Å². The van der Waals surface area contributed by atoms with Crippen molar-refractivity contribution in [3.63, 3.8) is 0 Å². The lowest BCUT2D eigenvalue weighted by Crippen LogP contribution is -2.52. The summed E-state index contributed by atoms with van der Waals surface area (Å²) in [5.41, 5.74) is -0.226. The third-order valence-corrected chi connectivity index (χ3v) is 3.88. The molecule has 3 atom stereocenters. The number of hydrogen-bond donors (Lipinski definition) is 0. The van der Waals surface area contributed by atoms with Crippen molar-refractivity contribution >= 4 is 5.97 Å². The molecule has 1 aliphatic carbocycles. The summed E-state index contributed by atoms with van der Waals surface area (Å²) < 4.78 is 17.4. The van der Waals surface area contributed by atoms with E-state index in [2.05, 4.69) is 13.5 Å². The van der Waals surface area contributed by atoms with Gasteiger partial charge in [0, 0.05) is 25.7 Å². The molecule has 4 nitrogen and oxygen atoms in total. The van der Waals surface area contributed by atoms with Crippen molar-refractivity contribution in [2.75, 3.05) is 13.2 Å². The number of esters is 1. The number of carbonyl (C=O) groups is 1. The lowest BCUT2D eigenvalue weighted by Gasteiger charge is -2.45. The molecule has 0 N–H and O–H groups in total. The number of hydrogen-bond acceptors (Lipinski definition) is 4. The van der Waals surface area contributed by atoms with E-state index in [1.807, 2.05) is 13.8 Å². The minimum Gasteiger partial charge on any atom is -0.459 e. The molecular formula is C16H28O4. The van der Waals surface area contributed by atoms with Crippen LogP contribution in [0.3, 0.4) is 0 Å². The predicted octanol–water partition coefficient (Wildman–Crippen LogP) is 3.25. The fourth-order valence-electron chi connectivity index (χ4n) is 3.11. The van der Waals surface area contributed by atoms with Gasteiger partial charge in [-0.3, -0.25) is 0 Å². The van der Waals surface area contributed by atoms with E-state index in [-0.39, 0.29) is 23.8 Å². The van der Waals surface area contributed by atoms with Gasteiger partial charge in [-0.1, -0.05) is 19.9 Å². The largest absolute Gasteiger partial charge is 0.459 e. The van der Waals surface area contributed by atoms with Crippen LogP contribution in [0.15, 0.2) is 12.7 Å². The van der Waals surface area contributed by atoms with Crippen LogP contribution in [0, 0.1) is 0 Å². The third-order valence-electron chi connectivity index (χ3n) is 3.88. The second kappa shape index (κ2) is 8.42. The van der Waals surface area contributed by atoms with Crippen molar-refractivity contribution in [2.24, 2.45) is 0 Å². The van der Waals surface area contributed by atoms with Crippen LogP contribution in [0.25, 0.3) is 0 Å². The summed E-state index contributed by atoms with van der Waals surface area (Å²) in [6.45, 7) is 10.9. The smallest absolute Gasteiger partial charge is 0.330 e. The van der Waals surface area contributed by atoms with E-state index in [0.717, 1.165) is 25.7 Å². The van der Waals surface area contributed by atoms with Gasteiger partial charge >= 0.3 is 5.97 Å². The van der Waals surface area contributed by atoms with Crippen molar-refractivity contribution < 1.29 is 19.0 Å². The first-order chi connectivity index (χ1) is 9.61. The van der Waals surface area contributed by atoms with Crippen LogP contribution in [-0.4, -0.2) is 37.0 Å². The Balaban J connectivity index is 2.77. The summed E-state index contributed by atoms with van der Waals surface area (Å²) >= 11 is 0. The Hall–Kier alpha value is -0.870. The molecule has 0 radical (unpaired) electrons. The van der Waals surface area contributed by atoms with E-state index >= 15 is 0 Å². The second-order valence-corrected chi connectivity index (χ2v) is 5.23. The quantitative estimate of drug-likeness (QED) is 0.507. The highest BCUT2D eigenvalue weighted by molar-refractivity contribution is 5.81. The monoisotopic (exact) mass is 284 g/mol. The molecule has 0 aliphatic heterocycles. The number of ether oxygens (including phenoxy) is 3. The SMILES string of the molecule is C=CC(=O)OC1CCC(CCC)(OCC)C(OCC)C1. The van der Waals surface area contributed by atoms with Crippen LogP contribution in [-0.2, 0) is 19.0 Å². The first-order valence-electron chi connectivity index (χ1n) is 7.70. The normalized spacial score (nSPS) is 29.9. The topological polar surface area (TPSA) is 44.8 Å². The van der Waals surface area contributed by atoms with Crippen molar-refractivity contribution in [1.82, 2.24) is 0 Å². The minimum atomic E-state index is -0.357. The molecule has 20 heavy (non-hydrogen) atoms. The maximum Gasteiger partial charge on any atom is 0.330 e. The third kappa shape index (κ3) is 4.32. The number of rotatable bonds is 8. The molecule has 1 saturated carbocycles. The highest BCUT2D eigenvalue weighted by Crippen LogP contribution is 2.38. The lowest BCUT2D eigenvalue weighted by atomic mass is 9.77. The Labute approximate surface area is 122 Å². The van der Waals surface area contributed by atoms with Gasteiger partial charge in [-0.15, -0.1) is 0 Å². The second-order valence-electron chi connectivity index (χ2n) is 5.23. The summed E-state index contributed by atoms with van der Waals surface area (Å²) in [5.74, 6) is -0.357. The average molecular weight is 284 g/mol. The summed E-state index contributed by atoms with van der Waals surface area (Å²) in [6, 6.07) is 0. The Morgan fingerprint density at radius 2 is 2.10 bits per heavy atom. The maximum atomic E-state index is 11.3. The van der Waals surface area contributed by atoms with Gasteiger partial charge in [0.05, 0.1) is 11.7 Å². The molecule has 3 unspecified atom stereocenters. The molecular weight excluding hydrogens is 256 g/mol. The predicted molar refractivity (Wildman–Crippen MR) is 78.6 cm³/mol. The van der Waals surface area contributed by atoms with E-state index in [9.17, 15) is 4.79 Å². The highest BCUT2D eigenvalue weighted by Gasteiger charge is 2.45. The van der Waals surface area contributed by atoms with Gasteiger partial charge in [0.1, 0.15) is 6.10 Å².